The fourth-order valence-electron chi connectivity index (χ4n) is 1.84. The van der Waals surface area contributed by atoms with Gasteiger partial charge in [0.2, 0.25) is 0 Å². The summed E-state index contributed by atoms with van der Waals surface area (Å²) in [4.78, 5) is 12.2. The maximum absolute atomic E-state index is 12.9. The number of ether oxygens (including phenoxy) is 1. The molecule has 0 aliphatic carbocycles. The Kier molecular flexibility index (Phi) is 6.69. The van der Waals surface area contributed by atoms with Gasteiger partial charge >= 0.3 is 0 Å². The van der Waals surface area contributed by atoms with Gasteiger partial charge in [0.15, 0.2) is 5.11 Å². The van der Waals surface area contributed by atoms with Crippen molar-refractivity contribution in [2.45, 2.75) is 13.3 Å². The number of thiocarbonyl (C=S) groups is 1. The van der Waals surface area contributed by atoms with Gasteiger partial charge in [-0.15, -0.1) is 0 Å². The molecule has 0 spiro atoms. The zero-order chi connectivity index (χ0) is 17.5. The van der Waals surface area contributed by atoms with E-state index in [1.165, 1.54) is 24.3 Å². The van der Waals surface area contributed by atoms with Crippen molar-refractivity contribution in [1.82, 2.24) is 5.32 Å². The van der Waals surface area contributed by atoms with E-state index in [9.17, 15) is 9.18 Å². The highest BCUT2D eigenvalue weighted by molar-refractivity contribution is 9.10. The van der Waals surface area contributed by atoms with E-state index in [4.69, 9.17) is 17.0 Å². The fourth-order valence-corrected chi connectivity index (χ4v) is 2.55. The number of carbonyl (C=O) groups excluding carboxylic acids is 1. The van der Waals surface area contributed by atoms with Gasteiger partial charge in [-0.2, -0.15) is 0 Å². The molecule has 126 valence electrons. The standard InChI is InChI=1S/C17H16BrFN2O2S/c1-2-9-23-15-8-3-11(10-14(15)18)16(22)21-17(24)20-13-6-4-12(19)5-7-13/h3-8,10H,2,9H2,1H3,(H2,20,21,22,24). The van der Waals surface area contributed by atoms with Crippen molar-refractivity contribution in [2.75, 3.05) is 11.9 Å². The van der Waals surface area contributed by atoms with Crippen LogP contribution < -0.4 is 15.4 Å². The van der Waals surface area contributed by atoms with Gasteiger partial charge in [0.25, 0.3) is 5.91 Å². The zero-order valence-corrected chi connectivity index (χ0v) is 15.3. The van der Waals surface area contributed by atoms with Crippen molar-refractivity contribution in [1.29, 1.82) is 0 Å². The molecule has 0 saturated carbocycles. The highest BCUT2D eigenvalue weighted by atomic mass is 79.9. The Morgan fingerprint density at radius 3 is 2.58 bits per heavy atom. The Bertz CT molecular complexity index is 738. The van der Waals surface area contributed by atoms with Crippen LogP contribution in [-0.2, 0) is 0 Å². The first-order valence-corrected chi connectivity index (χ1v) is 8.50. The highest BCUT2D eigenvalue weighted by Crippen LogP contribution is 2.26. The summed E-state index contributed by atoms with van der Waals surface area (Å²) < 4.78 is 19.1. The number of anilines is 1. The third kappa shape index (κ3) is 5.28. The lowest BCUT2D eigenvalue weighted by Crippen LogP contribution is -2.34. The predicted molar refractivity (Wildman–Crippen MR) is 100 cm³/mol. The lowest BCUT2D eigenvalue weighted by atomic mass is 10.2. The van der Waals surface area contributed by atoms with E-state index in [1.54, 1.807) is 18.2 Å². The lowest BCUT2D eigenvalue weighted by Gasteiger charge is -2.11. The topological polar surface area (TPSA) is 50.4 Å². The van der Waals surface area contributed by atoms with Crippen molar-refractivity contribution in [3.05, 3.63) is 58.3 Å². The molecule has 24 heavy (non-hydrogen) atoms. The van der Waals surface area contributed by atoms with Gasteiger partial charge in [-0.05, 0) is 77.0 Å². The summed E-state index contributed by atoms with van der Waals surface area (Å²) in [7, 11) is 0. The molecule has 2 rings (SSSR count). The molecule has 7 heteroatoms. The fraction of sp³-hybridized carbons (Fsp3) is 0.176. The summed E-state index contributed by atoms with van der Waals surface area (Å²) in [5.41, 5.74) is 1.03. The molecule has 0 aromatic heterocycles. The van der Waals surface area contributed by atoms with E-state index in [0.717, 1.165) is 6.42 Å². The van der Waals surface area contributed by atoms with Gasteiger partial charge in [-0.25, -0.2) is 4.39 Å². The average molecular weight is 411 g/mol. The molecule has 0 unspecified atom stereocenters. The van der Waals surface area contributed by atoms with Gasteiger partial charge in [0.05, 0.1) is 11.1 Å². The maximum atomic E-state index is 12.9. The number of nitrogens with one attached hydrogen (secondary N) is 2. The smallest absolute Gasteiger partial charge is 0.257 e. The Morgan fingerprint density at radius 1 is 1.25 bits per heavy atom. The molecule has 0 aliphatic heterocycles. The minimum Gasteiger partial charge on any atom is -0.492 e. The van der Waals surface area contributed by atoms with Crippen molar-refractivity contribution in [3.63, 3.8) is 0 Å². The summed E-state index contributed by atoms with van der Waals surface area (Å²) in [6.07, 6.45) is 0.901. The highest BCUT2D eigenvalue weighted by Gasteiger charge is 2.11. The molecule has 0 atom stereocenters. The van der Waals surface area contributed by atoms with Gasteiger partial charge in [0, 0.05) is 11.3 Å². The SMILES string of the molecule is CCCOc1ccc(C(=O)NC(=S)Nc2ccc(F)cc2)cc1Br. The van der Waals surface area contributed by atoms with E-state index >= 15 is 0 Å². The third-order valence-electron chi connectivity index (χ3n) is 2.98. The van der Waals surface area contributed by atoms with Gasteiger partial charge in [0.1, 0.15) is 11.6 Å². The first-order chi connectivity index (χ1) is 11.5. The van der Waals surface area contributed by atoms with Crippen LogP contribution in [-0.4, -0.2) is 17.6 Å². The predicted octanol–water partition coefficient (Wildman–Crippen LogP) is 4.50. The van der Waals surface area contributed by atoms with E-state index in [1.807, 2.05) is 6.92 Å². The zero-order valence-electron chi connectivity index (χ0n) is 12.9. The molecule has 4 nitrogen and oxygen atoms in total. The van der Waals surface area contributed by atoms with E-state index in [2.05, 4.69) is 26.6 Å². The van der Waals surface area contributed by atoms with Crippen LogP contribution in [0.1, 0.15) is 23.7 Å². The van der Waals surface area contributed by atoms with Crippen molar-refractivity contribution < 1.29 is 13.9 Å². The van der Waals surface area contributed by atoms with Crippen molar-refractivity contribution in [2.24, 2.45) is 0 Å². The first kappa shape index (κ1) is 18.4. The molecule has 0 bridgehead atoms. The summed E-state index contributed by atoms with van der Waals surface area (Å²) >= 11 is 8.47. The molecule has 0 saturated heterocycles. The largest absolute Gasteiger partial charge is 0.492 e. The minimum atomic E-state index is -0.350. The van der Waals surface area contributed by atoms with Crippen LogP contribution in [0, 0.1) is 5.82 Å². The van der Waals surface area contributed by atoms with Crippen LogP contribution in [0.4, 0.5) is 10.1 Å². The van der Waals surface area contributed by atoms with Crippen LogP contribution >= 0.6 is 28.1 Å². The average Bonchev–Trinajstić information content (AvgIpc) is 2.55. The molecule has 2 aromatic carbocycles. The molecule has 0 radical (unpaired) electrons. The van der Waals surface area contributed by atoms with Crippen LogP contribution in [0.2, 0.25) is 0 Å². The second-order valence-corrected chi connectivity index (χ2v) is 6.17. The Hall–Kier alpha value is -1.99. The number of hydrogen-bond acceptors (Lipinski definition) is 3. The van der Waals surface area contributed by atoms with Gasteiger partial charge in [-0.3, -0.25) is 10.1 Å². The third-order valence-corrected chi connectivity index (χ3v) is 3.81. The Morgan fingerprint density at radius 2 is 1.96 bits per heavy atom. The van der Waals surface area contributed by atoms with Crippen LogP contribution in [0.15, 0.2) is 46.9 Å². The molecule has 0 heterocycles. The van der Waals surface area contributed by atoms with E-state index in [0.29, 0.717) is 28.1 Å². The van der Waals surface area contributed by atoms with Crippen LogP contribution in [0.3, 0.4) is 0 Å². The summed E-state index contributed by atoms with van der Waals surface area (Å²) in [6, 6.07) is 10.7. The number of carbonyl (C=O) groups is 1. The normalized spacial score (nSPS) is 10.1. The molecule has 0 aliphatic rings. The Labute approximate surface area is 153 Å². The number of hydrogen-bond donors (Lipinski definition) is 2. The molecule has 2 aromatic rings. The summed E-state index contributed by atoms with van der Waals surface area (Å²) in [5.74, 6) is -0.0106. The number of halogens is 2. The number of amides is 1. The molecule has 1 amide bonds. The minimum absolute atomic E-state index is 0.133. The second-order valence-electron chi connectivity index (χ2n) is 4.91. The van der Waals surface area contributed by atoms with Gasteiger partial charge < -0.3 is 10.1 Å². The van der Waals surface area contributed by atoms with Crippen molar-refractivity contribution in [3.8, 4) is 5.75 Å². The Balaban J connectivity index is 1.97. The van der Waals surface area contributed by atoms with Crippen LogP contribution in [0.25, 0.3) is 0 Å². The summed E-state index contributed by atoms with van der Waals surface area (Å²) in [6.45, 7) is 2.63. The van der Waals surface area contributed by atoms with Crippen molar-refractivity contribution >= 4 is 44.9 Å². The quantitative estimate of drug-likeness (QED) is 0.712. The van der Waals surface area contributed by atoms with Crippen LogP contribution in [0.5, 0.6) is 5.75 Å². The molecular weight excluding hydrogens is 395 g/mol. The summed E-state index contributed by atoms with van der Waals surface area (Å²) in [5, 5.41) is 5.53. The second kappa shape index (κ2) is 8.75. The van der Waals surface area contributed by atoms with E-state index in [-0.39, 0.29) is 16.8 Å². The molecular formula is C17H16BrFN2O2S. The maximum Gasteiger partial charge on any atom is 0.257 e. The monoisotopic (exact) mass is 410 g/mol. The molecule has 2 N–H and O–H groups in total. The first-order valence-electron chi connectivity index (χ1n) is 7.30. The van der Waals surface area contributed by atoms with Gasteiger partial charge in [-0.1, -0.05) is 6.92 Å². The molecule has 0 fully saturated rings. The number of benzene rings is 2. The van der Waals surface area contributed by atoms with E-state index < -0.39 is 0 Å². The number of rotatable bonds is 5. The lowest BCUT2D eigenvalue weighted by molar-refractivity contribution is 0.0977.